The normalized spacial score (nSPS) is 9.83. The number of primary amides is 1. The first-order valence-electron chi connectivity index (χ1n) is 5.53. The molecule has 0 heterocycles. The van der Waals surface area contributed by atoms with Gasteiger partial charge in [0.2, 0.25) is 5.91 Å². The molecular weight excluding hydrogens is 236 g/mol. The first-order valence-corrected chi connectivity index (χ1v) is 5.53. The molecular formula is C12H16N2O4. The van der Waals surface area contributed by atoms with Crippen molar-refractivity contribution in [2.45, 2.75) is 13.3 Å². The van der Waals surface area contributed by atoms with Crippen LogP contribution in [0, 0.1) is 0 Å². The molecule has 4 N–H and O–H groups in total. The summed E-state index contributed by atoms with van der Waals surface area (Å²) in [4.78, 5) is 22.3. The van der Waals surface area contributed by atoms with Crippen molar-refractivity contribution in [3.8, 4) is 5.75 Å². The van der Waals surface area contributed by atoms with E-state index in [9.17, 15) is 9.59 Å². The molecule has 6 heteroatoms. The molecule has 0 bridgehead atoms. The van der Waals surface area contributed by atoms with Gasteiger partial charge in [0, 0.05) is 5.69 Å². The minimum Gasteiger partial charge on any atom is -0.493 e. The van der Waals surface area contributed by atoms with Gasteiger partial charge in [-0.1, -0.05) is 6.07 Å². The van der Waals surface area contributed by atoms with Crippen molar-refractivity contribution >= 4 is 17.6 Å². The molecule has 0 saturated heterocycles. The molecule has 0 aliphatic carbocycles. The number of hydrogen-bond acceptors (Lipinski definition) is 5. The van der Waals surface area contributed by atoms with Crippen LogP contribution in [-0.4, -0.2) is 25.1 Å². The number of esters is 1. The predicted molar refractivity (Wildman–Crippen MR) is 66.1 cm³/mol. The number of amides is 1. The number of carbonyl (C=O) groups excluding carboxylic acids is 2. The van der Waals surface area contributed by atoms with E-state index in [1.54, 1.807) is 25.1 Å². The Kier molecular flexibility index (Phi) is 4.98. The van der Waals surface area contributed by atoms with Gasteiger partial charge in [0.05, 0.1) is 13.0 Å². The Hall–Kier alpha value is -2.24. The summed E-state index contributed by atoms with van der Waals surface area (Å²) in [6, 6.07) is 4.89. The molecule has 0 aliphatic rings. The lowest BCUT2D eigenvalue weighted by atomic mass is 10.1. The second kappa shape index (κ2) is 6.48. The SMILES string of the molecule is CCOc1cccc(N)c1C(=O)OCCC(N)=O. The maximum atomic E-state index is 11.8. The number of ether oxygens (including phenoxy) is 2. The summed E-state index contributed by atoms with van der Waals surface area (Å²) in [5, 5.41) is 0. The predicted octanol–water partition coefficient (Wildman–Crippen LogP) is 0.700. The summed E-state index contributed by atoms with van der Waals surface area (Å²) in [5.74, 6) is -0.798. The third-order valence-corrected chi connectivity index (χ3v) is 2.14. The van der Waals surface area contributed by atoms with Crippen molar-refractivity contribution in [3.63, 3.8) is 0 Å². The van der Waals surface area contributed by atoms with Crippen molar-refractivity contribution in [3.05, 3.63) is 23.8 Å². The van der Waals surface area contributed by atoms with E-state index in [1.807, 2.05) is 0 Å². The van der Waals surface area contributed by atoms with Crippen LogP contribution in [0.4, 0.5) is 5.69 Å². The second-order valence-corrected chi connectivity index (χ2v) is 3.51. The maximum Gasteiger partial charge on any atom is 0.344 e. The van der Waals surface area contributed by atoms with Crippen molar-refractivity contribution in [1.29, 1.82) is 0 Å². The standard InChI is InChI=1S/C12H16N2O4/c1-2-17-9-5-3-4-8(13)11(9)12(16)18-7-6-10(14)15/h3-5H,2,6-7,13H2,1H3,(H2,14,15). The van der Waals surface area contributed by atoms with Crippen LogP contribution in [0.2, 0.25) is 0 Å². The van der Waals surface area contributed by atoms with E-state index in [0.29, 0.717) is 12.4 Å². The van der Waals surface area contributed by atoms with E-state index in [4.69, 9.17) is 20.9 Å². The highest BCUT2D eigenvalue weighted by atomic mass is 16.5. The summed E-state index contributed by atoms with van der Waals surface area (Å²) < 4.78 is 10.2. The van der Waals surface area contributed by atoms with Gasteiger partial charge in [-0.3, -0.25) is 4.79 Å². The molecule has 0 aliphatic heterocycles. The van der Waals surface area contributed by atoms with Gasteiger partial charge in [-0.05, 0) is 19.1 Å². The molecule has 0 atom stereocenters. The first kappa shape index (κ1) is 13.8. The zero-order valence-corrected chi connectivity index (χ0v) is 10.1. The average Bonchev–Trinajstić information content (AvgIpc) is 2.28. The minimum absolute atomic E-state index is 0.0254. The van der Waals surface area contributed by atoms with Crippen molar-refractivity contribution in [2.75, 3.05) is 18.9 Å². The molecule has 0 saturated carbocycles. The fourth-order valence-electron chi connectivity index (χ4n) is 1.36. The van der Waals surface area contributed by atoms with E-state index in [-0.39, 0.29) is 24.3 Å². The molecule has 0 fully saturated rings. The molecule has 1 rings (SSSR count). The van der Waals surface area contributed by atoms with Gasteiger partial charge in [-0.2, -0.15) is 0 Å². The number of hydrogen-bond donors (Lipinski definition) is 2. The van der Waals surface area contributed by atoms with E-state index in [1.165, 1.54) is 0 Å². The lowest BCUT2D eigenvalue weighted by molar-refractivity contribution is -0.118. The molecule has 18 heavy (non-hydrogen) atoms. The Labute approximate surface area is 105 Å². The summed E-state index contributed by atoms with van der Waals surface area (Å²) in [7, 11) is 0. The summed E-state index contributed by atoms with van der Waals surface area (Å²) in [6.45, 7) is 2.13. The quantitative estimate of drug-likeness (QED) is 0.572. The Morgan fingerprint density at radius 2 is 2.06 bits per heavy atom. The molecule has 6 nitrogen and oxygen atoms in total. The first-order chi connectivity index (χ1) is 8.56. The fraction of sp³-hybridized carbons (Fsp3) is 0.333. The summed E-state index contributed by atoms with van der Waals surface area (Å²) in [5.41, 5.74) is 11.1. The van der Waals surface area contributed by atoms with Crippen LogP contribution >= 0.6 is 0 Å². The lowest BCUT2D eigenvalue weighted by Gasteiger charge is -2.11. The molecule has 1 aromatic rings. The Morgan fingerprint density at radius 1 is 1.33 bits per heavy atom. The number of benzene rings is 1. The molecule has 0 aromatic heterocycles. The van der Waals surface area contributed by atoms with Gasteiger partial charge < -0.3 is 20.9 Å². The molecule has 1 aromatic carbocycles. The van der Waals surface area contributed by atoms with E-state index >= 15 is 0 Å². The van der Waals surface area contributed by atoms with Crippen molar-refractivity contribution in [1.82, 2.24) is 0 Å². The summed E-state index contributed by atoms with van der Waals surface area (Å²) >= 11 is 0. The third kappa shape index (κ3) is 3.65. The molecule has 98 valence electrons. The topological polar surface area (TPSA) is 105 Å². The highest BCUT2D eigenvalue weighted by Gasteiger charge is 2.17. The lowest BCUT2D eigenvalue weighted by Crippen LogP contribution is -2.17. The third-order valence-electron chi connectivity index (χ3n) is 2.14. The Morgan fingerprint density at radius 3 is 2.67 bits per heavy atom. The van der Waals surface area contributed by atoms with Gasteiger partial charge >= 0.3 is 5.97 Å². The largest absolute Gasteiger partial charge is 0.493 e. The van der Waals surface area contributed by atoms with E-state index < -0.39 is 11.9 Å². The monoisotopic (exact) mass is 252 g/mol. The highest BCUT2D eigenvalue weighted by Crippen LogP contribution is 2.25. The molecule has 0 unspecified atom stereocenters. The number of nitrogens with two attached hydrogens (primary N) is 2. The molecule has 1 amide bonds. The maximum absolute atomic E-state index is 11.8. The van der Waals surface area contributed by atoms with Crippen LogP contribution in [0.25, 0.3) is 0 Å². The van der Waals surface area contributed by atoms with Crippen LogP contribution in [0.15, 0.2) is 18.2 Å². The fourth-order valence-corrected chi connectivity index (χ4v) is 1.36. The zero-order chi connectivity index (χ0) is 13.5. The van der Waals surface area contributed by atoms with Crippen molar-refractivity contribution < 1.29 is 19.1 Å². The van der Waals surface area contributed by atoms with Gasteiger partial charge in [-0.15, -0.1) is 0 Å². The van der Waals surface area contributed by atoms with Crippen LogP contribution < -0.4 is 16.2 Å². The van der Waals surface area contributed by atoms with Gasteiger partial charge in [0.15, 0.2) is 0 Å². The Bertz CT molecular complexity index is 446. The number of anilines is 1. The van der Waals surface area contributed by atoms with Gasteiger partial charge in [0.25, 0.3) is 0 Å². The zero-order valence-electron chi connectivity index (χ0n) is 10.1. The van der Waals surface area contributed by atoms with Gasteiger partial charge in [-0.25, -0.2) is 4.79 Å². The number of rotatable bonds is 6. The van der Waals surface area contributed by atoms with E-state index in [2.05, 4.69) is 0 Å². The average molecular weight is 252 g/mol. The highest BCUT2D eigenvalue weighted by molar-refractivity contribution is 5.98. The minimum atomic E-state index is -0.627. The summed E-state index contributed by atoms with van der Waals surface area (Å²) in [6.07, 6.45) is -0.0254. The second-order valence-electron chi connectivity index (χ2n) is 3.51. The molecule has 0 spiro atoms. The number of nitrogen functional groups attached to an aromatic ring is 1. The van der Waals surface area contributed by atoms with E-state index in [0.717, 1.165) is 0 Å². The van der Waals surface area contributed by atoms with Crippen LogP contribution in [-0.2, 0) is 9.53 Å². The van der Waals surface area contributed by atoms with Gasteiger partial charge in [0.1, 0.15) is 17.9 Å². The molecule has 0 radical (unpaired) electrons. The van der Waals surface area contributed by atoms with Crippen molar-refractivity contribution in [2.24, 2.45) is 5.73 Å². The van der Waals surface area contributed by atoms with Crippen LogP contribution in [0.3, 0.4) is 0 Å². The van der Waals surface area contributed by atoms with Crippen LogP contribution in [0.5, 0.6) is 5.75 Å². The number of carbonyl (C=O) groups is 2. The Balaban J connectivity index is 2.80. The van der Waals surface area contributed by atoms with Crippen LogP contribution in [0.1, 0.15) is 23.7 Å². The smallest absolute Gasteiger partial charge is 0.344 e.